The fraction of sp³-hybridized carbons (Fsp3) is 0.250. The average molecular weight is 316 g/mol. The number of rotatable bonds is 4. The van der Waals surface area contributed by atoms with E-state index in [0.717, 1.165) is 36.0 Å². The summed E-state index contributed by atoms with van der Waals surface area (Å²) in [6.45, 7) is 0. The van der Waals surface area contributed by atoms with Crippen LogP contribution in [0.15, 0.2) is 35.4 Å². The van der Waals surface area contributed by atoms with Gasteiger partial charge in [-0.3, -0.25) is 4.72 Å². The molecule has 1 aliphatic carbocycles. The van der Waals surface area contributed by atoms with Crippen molar-refractivity contribution in [2.75, 3.05) is 5.73 Å². The van der Waals surface area contributed by atoms with Crippen molar-refractivity contribution in [2.24, 2.45) is 0 Å². The highest BCUT2D eigenvalue weighted by atomic mass is 32.2. The number of nitrogens with two attached hydrogens (primary N) is 1. The number of anilines is 1. The summed E-state index contributed by atoms with van der Waals surface area (Å²) >= 11 is 1.33. The number of hydrogen-bond donors (Lipinski definition) is 3. The van der Waals surface area contributed by atoms with E-state index in [1.807, 2.05) is 6.07 Å². The topological polar surface area (TPSA) is 74.8 Å². The number of benzene rings is 1. The van der Waals surface area contributed by atoms with Crippen LogP contribution in [0, 0.1) is 11.2 Å². The Bertz CT molecular complexity index is 705. The van der Waals surface area contributed by atoms with Gasteiger partial charge in [0.2, 0.25) is 0 Å². The van der Waals surface area contributed by atoms with Crippen molar-refractivity contribution in [3.8, 4) is 0 Å². The minimum Gasteiger partial charge on any atom is -0.383 e. The molecule has 0 saturated heterocycles. The van der Waals surface area contributed by atoms with Crippen LogP contribution in [-0.4, -0.2) is 17.2 Å². The first-order chi connectivity index (χ1) is 10.7. The Hall–Kier alpha value is -1.92. The number of halogens is 1. The minimum absolute atomic E-state index is 0.211. The molecule has 0 bridgehead atoms. The van der Waals surface area contributed by atoms with E-state index >= 15 is 0 Å². The van der Waals surface area contributed by atoms with E-state index in [4.69, 9.17) is 11.1 Å². The summed E-state index contributed by atoms with van der Waals surface area (Å²) in [5.41, 5.74) is 8.79. The molecular weight excluding hydrogens is 299 g/mol. The maximum absolute atomic E-state index is 13.6. The van der Waals surface area contributed by atoms with Gasteiger partial charge in [0.15, 0.2) is 0 Å². The van der Waals surface area contributed by atoms with Crippen molar-refractivity contribution in [1.29, 1.82) is 5.41 Å². The number of nitrogens with one attached hydrogen (secondary N) is 2. The normalized spacial score (nSPS) is 17.0. The van der Waals surface area contributed by atoms with Gasteiger partial charge in [-0.2, -0.15) is 0 Å². The molecule has 0 radical (unpaired) electrons. The standard InChI is InChI=1S/C16H17FN4S/c17-14-3-1-2-4-15(14)22-21-11-5-6-12-10(7-11)9-20-16(19)13(12)8-18/h1-4,8-9,11,18,21H,5-7H2,(H2,19,20). The van der Waals surface area contributed by atoms with Crippen molar-refractivity contribution in [2.45, 2.75) is 30.2 Å². The highest BCUT2D eigenvalue weighted by Gasteiger charge is 2.22. The van der Waals surface area contributed by atoms with Gasteiger partial charge in [0.1, 0.15) is 11.6 Å². The molecule has 6 heteroatoms. The monoisotopic (exact) mass is 316 g/mol. The van der Waals surface area contributed by atoms with Crippen LogP contribution in [0.5, 0.6) is 0 Å². The summed E-state index contributed by atoms with van der Waals surface area (Å²) in [5, 5.41) is 7.49. The van der Waals surface area contributed by atoms with Crippen LogP contribution >= 0.6 is 11.9 Å². The maximum Gasteiger partial charge on any atom is 0.138 e. The van der Waals surface area contributed by atoms with Gasteiger partial charge in [0, 0.05) is 24.0 Å². The van der Waals surface area contributed by atoms with Crippen LogP contribution in [-0.2, 0) is 12.8 Å². The molecule has 0 spiro atoms. The predicted octanol–water partition coefficient (Wildman–Crippen LogP) is 2.95. The quantitative estimate of drug-likeness (QED) is 0.599. The molecule has 3 rings (SSSR count). The van der Waals surface area contributed by atoms with E-state index in [0.29, 0.717) is 10.7 Å². The van der Waals surface area contributed by atoms with E-state index in [2.05, 4.69) is 9.71 Å². The number of nitrogen functional groups attached to an aromatic ring is 1. The average Bonchev–Trinajstić information content (AvgIpc) is 2.54. The predicted molar refractivity (Wildman–Crippen MR) is 87.7 cm³/mol. The third kappa shape index (κ3) is 2.98. The zero-order valence-electron chi connectivity index (χ0n) is 12.0. The largest absolute Gasteiger partial charge is 0.383 e. The van der Waals surface area contributed by atoms with Crippen molar-refractivity contribution >= 4 is 24.0 Å². The maximum atomic E-state index is 13.6. The second-order valence-electron chi connectivity index (χ2n) is 5.30. The first kappa shape index (κ1) is 15.0. The molecular formula is C16H17FN4S. The zero-order chi connectivity index (χ0) is 15.5. The van der Waals surface area contributed by atoms with Crippen molar-refractivity contribution < 1.29 is 4.39 Å². The van der Waals surface area contributed by atoms with Crippen molar-refractivity contribution in [3.05, 3.63) is 53.0 Å². The lowest BCUT2D eigenvalue weighted by atomic mass is 9.87. The number of aromatic nitrogens is 1. The lowest BCUT2D eigenvalue weighted by Gasteiger charge is -2.26. The number of pyridine rings is 1. The number of hydrogen-bond acceptors (Lipinski definition) is 5. The molecule has 0 aliphatic heterocycles. The van der Waals surface area contributed by atoms with Gasteiger partial charge in [-0.1, -0.05) is 12.1 Å². The fourth-order valence-electron chi connectivity index (χ4n) is 2.72. The summed E-state index contributed by atoms with van der Waals surface area (Å²) in [4.78, 5) is 4.76. The van der Waals surface area contributed by atoms with Gasteiger partial charge in [0.25, 0.3) is 0 Å². The van der Waals surface area contributed by atoms with E-state index in [1.54, 1.807) is 18.3 Å². The molecule has 4 nitrogen and oxygen atoms in total. The molecule has 4 N–H and O–H groups in total. The van der Waals surface area contributed by atoms with E-state index in [9.17, 15) is 4.39 Å². The van der Waals surface area contributed by atoms with Crippen LogP contribution in [0.1, 0.15) is 23.1 Å². The van der Waals surface area contributed by atoms with Crippen LogP contribution in [0.2, 0.25) is 0 Å². The highest BCUT2D eigenvalue weighted by Crippen LogP contribution is 2.28. The summed E-state index contributed by atoms with van der Waals surface area (Å²) in [6, 6.07) is 6.99. The molecule has 22 heavy (non-hydrogen) atoms. The summed E-state index contributed by atoms with van der Waals surface area (Å²) in [5.74, 6) is 0.206. The first-order valence-electron chi connectivity index (χ1n) is 7.12. The second kappa shape index (κ2) is 6.46. The molecule has 1 aliphatic rings. The molecule has 0 fully saturated rings. The van der Waals surface area contributed by atoms with Gasteiger partial charge in [-0.25, -0.2) is 9.37 Å². The molecule has 1 heterocycles. The summed E-state index contributed by atoms with van der Waals surface area (Å²) in [6.07, 6.45) is 5.66. The smallest absolute Gasteiger partial charge is 0.138 e. The zero-order valence-corrected chi connectivity index (χ0v) is 12.8. The van der Waals surface area contributed by atoms with E-state index in [-0.39, 0.29) is 11.9 Å². The second-order valence-corrected chi connectivity index (χ2v) is 6.17. The Kier molecular flexibility index (Phi) is 4.40. The molecule has 114 valence electrons. The molecule has 2 aromatic rings. The molecule has 1 aromatic carbocycles. The Morgan fingerprint density at radius 1 is 1.41 bits per heavy atom. The molecule has 1 aromatic heterocycles. The Balaban J connectivity index is 1.70. The lowest BCUT2D eigenvalue weighted by molar-refractivity contribution is 0.542. The van der Waals surface area contributed by atoms with E-state index in [1.165, 1.54) is 24.2 Å². The minimum atomic E-state index is -0.211. The highest BCUT2D eigenvalue weighted by molar-refractivity contribution is 7.97. The number of nitrogens with zero attached hydrogens (tertiary/aromatic N) is 1. The van der Waals surface area contributed by atoms with Crippen LogP contribution < -0.4 is 10.5 Å². The first-order valence-corrected chi connectivity index (χ1v) is 7.94. The SMILES string of the molecule is N=Cc1c(N)ncc2c1CCC(NSc1ccccc1F)C2. The third-order valence-electron chi connectivity index (χ3n) is 3.87. The van der Waals surface area contributed by atoms with Gasteiger partial charge < -0.3 is 11.1 Å². The van der Waals surface area contributed by atoms with Crippen LogP contribution in [0.3, 0.4) is 0 Å². The van der Waals surface area contributed by atoms with Gasteiger partial charge in [-0.15, -0.1) is 0 Å². The van der Waals surface area contributed by atoms with Crippen molar-refractivity contribution in [1.82, 2.24) is 9.71 Å². The molecule has 0 amide bonds. The van der Waals surface area contributed by atoms with Gasteiger partial charge in [-0.05, 0) is 54.5 Å². The van der Waals surface area contributed by atoms with Gasteiger partial charge in [0.05, 0.1) is 4.90 Å². The Morgan fingerprint density at radius 3 is 3.00 bits per heavy atom. The molecule has 1 atom stereocenters. The Labute approximate surface area is 133 Å². The van der Waals surface area contributed by atoms with E-state index < -0.39 is 0 Å². The van der Waals surface area contributed by atoms with Crippen LogP contribution in [0.4, 0.5) is 10.2 Å². The third-order valence-corrected chi connectivity index (χ3v) is 4.88. The number of fused-ring (bicyclic) bond motifs is 1. The molecule has 0 saturated carbocycles. The molecule has 1 unspecified atom stereocenters. The van der Waals surface area contributed by atoms with Crippen LogP contribution in [0.25, 0.3) is 0 Å². The fourth-order valence-corrected chi connectivity index (χ4v) is 3.52. The summed E-state index contributed by atoms with van der Waals surface area (Å²) < 4.78 is 16.9. The summed E-state index contributed by atoms with van der Waals surface area (Å²) in [7, 11) is 0. The van der Waals surface area contributed by atoms with Crippen molar-refractivity contribution in [3.63, 3.8) is 0 Å². The lowest BCUT2D eigenvalue weighted by Crippen LogP contribution is -2.31. The Morgan fingerprint density at radius 2 is 2.23 bits per heavy atom. The van der Waals surface area contributed by atoms with Gasteiger partial charge >= 0.3 is 0 Å².